The maximum Gasteiger partial charge on any atom is 0.185 e. The molecule has 0 fully saturated rings. The smallest absolute Gasteiger partial charge is 0.185 e. The summed E-state index contributed by atoms with van der Waals surface area (Å²) in [6.45, 7) is 0. The van der Waals surface area contributed by atoms with Crippen LogP contribution in [0.15, 0.2) is 6.33 Å². The minimum atomic E-state index is 0.401. The quantitative estimate of drug-likeness (QED) is 0.713. The monoisotopic (exact) mass is 200 g/mol. The first-order valence-electron chi connectivity index (χ1n) is 3.26. The van der Waals surface area contributed by atoms with Crippen molar-refractivity contribution in [2.45, 2.75) is 0 Å². The van der Waals surface area contributed by atoms with Crippen LogP contribution >= 0.6 is 22.9 Å². The lowest BCUT2D eigenvalue weighted by atomic mass is 10.6. The van der Waals surface area contributed by atoms with Crippen LogP contribution in [0.3, 0.4) is 0 Å². The lowest BCUT2D eigenvalue weighted by molar-refractivity contribution is 1.22. The number of fused-ring (bicyclic) bond motifs is 1. The zero-order chi connectivity index (χ0) is 8.55. The average molecular weight is 201 g/mol. The predicted molar refractivity (Wildman–Crippen MR) is 49.8 cm³/mol. The van der Waals surface area contributed by atoms with Crippen LogP contribution in [0.5, 0.6) is 0 Å². The third-order valence-electron chi connectivity index (χ3n) is 1.36. The van der Waals surface area contributed by atoms with Crippen molar-refractivity contribution in [2.24, 2.45) is 0 Å². The van der Waals surface area contributed by atoms with Gasteiger partial charge in [-0.2, -0.15) is 0 Å². The molecule has 2 heterocycles. The van der Waals surface area contributed by atoms with Crippen molar-refractivity contribution in [3.8, 4) is 0 Å². The minimum Gasteiger partial charge on any atom is -0.365 e. The lowest BCUT2D eigenvalue weighted by Gasteiger charge is -1.86. The third-order valence-corrected chi connectivity index (χ3v) is 2.62. The topological polar surface area (TPSA) is 50.7 Å². The van der Waals surface area contributed by atoms with Gasteiger partial charge in [-0.15, -0.1) is 0 Å². The number of hydrogen-bond acceptors (Lipinski definition) is 5. The molecule has 0 aliphatic rings. The number of anilines is 1. The number of halogens is 1. The Labute approximate surface area is 77.6 Å². The summed E-state index contributed by atoms with van der Waals surface area (Å²) in [5.41, 5.74) is 0.661. The molecule has 0 bridgehead atoms. The van der Waals surface area contributed by atoms with Crippen LogP contribution in [0.25, 0.3) is 10.3 Å². The second-order valence-corrected chi connectivity index (χ2v) is 3.42. The molecule has 6 heteroatoms. The largest absolute Gasteiger partial charge is 0.365 e. The fraction of sp³-hybridized carbons (Fsp3) is 0.167. The van der Waals surface area contributed by atoms with Crippen molar-refractivity contribution >= 4 is 38.4 Å². The highest BCUT2D eigenvalue weighted by molar-refractivity contribution is 7.21. The summed E-state index contributed by atoms with van der Waals surface area (Å²) in [4.78, 5) is 12.8. The van der Waals surface area contributed by atoms with Crippen molar-refractivity contribution in [1.29, 1.82) is 0 Å². The van der Waals surface area contributed by atoms with Crippen LogP contribution in [0, 0.1) is 0 Å². The van der Waals surface area contributed by atoms with Gasteiger partial charge in [0.1, 0.15) is 16.7 Å². The van der Waals surface area contributed by atoms with E-state index in [0.29, 0.717) is 10.7 Å². The van der Waals surface area contributed by atoms with Crippen LogP contribution in [0.2, 0.25) is 5.15 Å². The van der Waals surface area contributed by atoms with Crippen molar-refractivity contribution in [3.05, 3.63) is 11.5 Å². The Morgan fingerprint density at radius 3 is 3.00 bits per heavy atom. The summed E-state index contributed by atoms with van der Waals surface area (Å²) in [5.74, 6) is 0. The molecular formula is C6H5ClN4S. The van der Waals surface area contributed by atoms with Gasteiger partial charge in [0, 0.05) is 7.05 Å². The van der Waals surface area contributed by atoms with E-state index in [0.717, 1.165) is 9.96 Å². The van der Waals surface area contributed by atoms with Gasteiger partial charge >= 0.3 is 0 Å². The van der Waals surface area contributed by atoms with E-state index in [9.17, 15) is 0 Å². The van der Waals surface area contributed by atoms with Crippen molar-refractivity contribution in [3.63, 3.8) is 0 Å². The Kier molecular flexibility index (Phi) is 1.82. The highest BCUT2D eigenvalue weighted by Crippen LogP contribution is 2.26. The molecule has 0 aliphatic heterocycles. The molecule has 0 saturated carbocycles. The molecule has 0 atom stereocenters. The van der Waals surface area contributed by atoms with E-state index in [2.05, 4.69) is 20.3 Å². The molecule has 2 aromatic rings. The lowest BCUT2D eigenvalue weighted by Crippen LogP contribution is -1.84. The van der Waals surface area contributed by atoms with Gasteiger partial charge in [-0.05, 0) is 0 Å². The SMILES string of the molecule is CNc1nc2c(Cl)ncnc2s1. The Morgan fingerprint density at radius 2 is 2.33 bits per heavy atom. The highest BCUT2D eigenvalue weighted by atomic mass is 35.5. The predicted octanol–water partition coefficient (Wildman–Crippen LogP) is 1.78. The number of nitrogens with one attached hydrogen (secondary N) is 1. The van der Waals surface area contributed by atoms with Crippen LogP contribution in [-0.4, -0.2) is 22.0 Å². The summed E-state index contributed by atoms with van der Waals surface area (Å²) < 4.78 is 0. The number of hydrogen-bond donors (Lipinski definition) is 1. The van der Waals surface area contributed by atoms with E-state index in [-0.39, 0.29) is 0 Å². The third kappa shape index (κ3) is 1.11. The molecule has 0 aromatic carbocycles. The number of thiazole rings is 1. The van der Waals surface area contributed by atoms with Gasteiger partial charge in [-0.3, -0.25) is 0 Å². The maximum atomic E-state index is 5.79. The standard InChI is InChI=1S/C6H5ClN4S/c1-8-6-11-3-4(7)9-2-10-5(3)12-6/h2H,1H3,(H,8,11). The van der Waals surface area contributed by atoms with E-state index in [1.54, 1.807) is 7.05 Å². The first kappa shape index (κ1) is 7.70. The molecular weight excluding hydrogens is 196 g/mol. The Hall–Kier alpha value is -0.940. The number of rotatable bonds is 1. The average Bonchev–Trinajstić information content (AvgIpc) is 2.49. The van der Waals surface area contributed by atoms with E-state index < -0.39 is 0 Å². The Bertz CT molecular complexity index is 413. The van der Waals surface area contributed by atoms with Gasteiger partial charge in [-0.1, -0.05) is 22.9 Å². The van der Waals surface area contributed by atoms with Gasteiger partial charge in [-0.25, -0.2) is 15.0 Å². The van der Waals surface area contributed by atoms with E-state index in [4.69, 9.17) is 11.6 Å². The molecule has 0 saturated heterocycles. The summed E-state index contributed by atoms with van der Waals surface area (Å²) in [5, 5.41) is 4.12. The first-order valence-corrected chi connectivity index (χ1v) is 4.45. The second-order valence-electron chi connectivity index (χ2n) is 2.09. The first-order chi connectivity index (χ1) is 5.81. The molecule has 0 unspecified atom stereocenters. The summed E-state index contributed by atoms with van der Waals surface area (Å²) in [6, 6.07) is 0. The summed E-state index contributed by atoms with van der Waals surface area (Å²) in [7, 11) is 1.80. The van der Waals surface area contributed by atoms with Crippen molar-refractivity contribution < 1.29 is 0 Å². The molecule has 0 aliphatic carbocycles. The fourth-order valence-corrected chi connectivity index (χ4v) is 1.83. The van der Waals surface area contributed by atoms with Crippen LogP contribution < -0.4 is 5.32 Å². The number of aromatic nitrogens is 3. The molecule has 0 spiro atoms. The highest BCUT2D eigenvalue weighted by Gasteiger charge is 2.06. The molecule has 0 radical (unpaired) electrons. The van der Waals surface area contributed by atoms with E-state index in [1.807, 2.05) is 0 Å². The Balaban J connectivity index is 2.74. The van der Waals surface area contributed by atoms with E-state index in [1.165, 1.54) is 17.7 Å². The van der Waals surface area contributed by atoms with Gasteiger partial charge in [0.05, 0.1) is 0 Å². The zero-order valence-electron chi connectivity index (χ0n) is 6.21. The molecule has 2 rings (SSSR count). The minimum absolute atomic E-state index is 0.401. The van der Waals surface area contributed by atoms with Gasteiger partial charge in [0.2, 0.25) is 0 Å². The van der Waals surface area contributed by atoms with Crippen LogP contribution in [0.4, 0.5) is 5.13 Å². The van der Waals surface area contributed by atoms with Crippen LogP contribution in [0.1, 0.15) is 0 Å². The number of nitrogens with zero attached hydrogens (tertiary/aromatic N) is 3. The van der Waals surface area contributed by atoms with Gasteiger partial charge < -0.3 is 5.32 Å². The van der Waals surface area contributed by atoms with Crippen LogP contribution in [-0.2, 0) is 0 Å². The molecule has 4 nitrogen and oxygen atoms in total. The molecule has 1 N–H and O–H groups in total. The Morgan fingerprint density at radius 1 is 1.50 bits per heavy atom. The second kappa shape index (κ2) is 2.84. The zero-order valence-corrected chi connectivity index (χ0v) is 7.78. The molecule has 2 aromatic heterocycles. The normalized spacial score (nSPS) is 10.5. The van der Waals surface area contributed by atoms with Gasteiger partial charge in [0.15, 0.2) is 10.3 Å². The maximum absolute atomic E-state index is 5.79. The van der Waals surface area contributed by atoms with E-state index >= 15 is 0 Å². The molecule has 0 amide bonds. The van der Waals surface area contributed by atoms with Crippen molar-refractivity contribution in [2.75, 3.05) is 12.4 Å². The molecule has 12 heavy (non-hydrogen) atoms. The summed E-state index contributed by atoms with van der Waals surface area (Å²) >= 11 is 7.25. The van der Waals surface area contributed by atoms with Gasteiger partial charge in [0.25, 0.3) is 0 Å². The summed E-state index contributed by atoms with van der Waals surface area (Å²) in [6.07, 6.45) is 1.43. The van der Waals surface area contributed by atoms with Crippen molar-refractivity contribution in [1.82, 2.24) is 15.0 Å². The molecule has 62 valence electrons. The fourth-order valence-electron chi connectivity index (χ4n) is 0.834.